The number of methoxy groups -OCH3 is 2. The van der Waals surface area contributed by atoms with Crippen LogP contribution in [-0.4, -0.2) is 26.3 Å². The fourth-order valence-corrected chi connectivity index (χ4v) is 6.03. The average Bonchev–Trinajstić information content (AvgIpc) is 3.35. The third-order valence-electron chi connectivity index (χ3n) is 8.24. The summed E-state index contributed by atoms with van der Waals surface area (Å²) in [5, 5.41) is 1.83. The van der Waals surface area contributed by atoms with Crippen LogP contribution in [0.25, 0.3) is 21.9 Å². The molecule has 0 N–H and O–H groups in total. The van der Waals surface area contributed by atoms with Crippen LogP contribution in [0.4, 0.5) is 4.39 Å². The molecular formula is C33H31FO5. The number of fused-ring (bicyclic) bond motifs is 2. The Kier molecular flexibility index (Phi) is 6.83. The molecule has 0 unspecified atom stereocenters. The van der Waals surface area contributed by atoms with Crippen LogP contribution in [-0.2, 0) is 33.0 Å². The van der Waals surface area contributed by atoms with Gasteiger partial charge in [0.1, 0.15) is 24.8 Å². The molecule has 200 valence electrons. The lowest BCUT2D eigenvalue weighted by Crippen LogP contribution is -2.36. The number of halogens is 1. The number of cyclic esters (lactones) is 1. The van der Waals surface area contributed by atoms with Crippen LogP contribution < -0.4 is 4.74 Å². The van der Waals surface area contributed by atoms with Gasteiger partial charge in [-0.2, -0.15) is 0 Å². The van der Waals surface area contributed by atoms with Crippen molar-refractivity contribution in [2.75, 3.05) is 14.2 Å². The molecule has 0 aromatic heterocycles. The van der Waals surface area contributed by atoms with Crippen LogP contribution in [0.3, 0.4) is 0 Å². The van der Waals surface area contributed by atoms with Crippen molar-refractivity contribution in [1.29, 1.82) is 0 Å². The second-order valence-electron chi connectivity index (χ2n) is 10.4. The fourth-order valence-electron chi connectivity index (χ4n) is 6.03. The Bertz CT molecular complexity index is 1520. The number of hydrogen-bond donors (Lipinski definition) is 0. The van der Waals surface area contributed by atoms with Crippen molar-refractivity contribution in [3.05, 3.63) is 101 Å². The van der Waals surface area contributed by atoms with Crippen molar-refractivity contribution in [2.45, 2.75) is 50.6 Å². The summed E-state index contributed by atoms with van der Waals surface area (Å²) in [6.07, 6.45) is 4.07. The van der Waals surface area contributed by atoms with E-state index < -0.39 is 0 Å². The number of esters is 1. The fraction of sp³-hybridized carbons (Fsp3) is 0.303. The topological polar surface area (TPSA) is 54.0 Å². The number of ether oxygens (including phenoxy) is 4. The SMILES string of the molecule is COC1CCC(OC)(c2cccc(COc3ccc4c(-c5ccc(F)cc5)c5c(cc4c3)C(=O)OC5)c2)CC1. The smallest absolute Gasteiger partial charge is 0.338 e. The first-order chi connectivity index (χ1) is 19.0. The quantitative estimate of drug-likeness (QED) is 0.236. The van der Waals surface area contributed by atoms with E-state index in [1.165, 1.54) is 12.1 Å². The Morgan fingerprint density at radius 2 is 1.77 bits per heavy atom. The summed E-state index contributed by atoms with van der Waals surface area (Å²) >= 11 is 0. The second kappa shape index (κ2) is 10.4. The first-order valence-corrected chi connectivity index (χ1v) is 13.3. The molecule has 0 saturated heterocycles. The highest BCUT2D eigenvalue weighted by atomic mass is 19.1. The second-order valence-corrected chi connectivity index (χ2v) is 10.4. The minimum Gasteiger partial charge on any atom is -0.489 e. The van der Waals surface area contributed by atoms with E-state index in [9.17, 15) is 9.18 Å². The lowest BCUT2D eigenvalue weighted by molar-refractivity contribution is -0.0762. The van der Waals surface area contributed by atoms with Crippen molar-refractivity contribution < 1.29 is 28.1 Å². The van der Waals surface area contributed by atoms with E-state index in [0.29, 0.717) is 24.0 Å². The van der Waals surface area contributed by atoms with E-state index in [0.717, 1.165) is 64.3 Å². The third kappa shape index (κ3) is 4.79. The number of benzene rings is 4. The zero-order chi connectivity index (χ0) is 27.0. The minimum atomic E-state index is -0.343. The van der Waals surface area contributed by atoms with Gasteiger partial charge in [0, 0.05) is 19.8 Å². The van der Waals surface area contributed by atoms with Crippen LogP contribution in [0.5, 0.6) is 5.75 Å². The van der Waals surface area contributed by atoms with E-state index in [-0.39, 0.29) is 24.0 Å². The molecule has 4 aromatic rings. The molecule has 0 bridgehead atoms. The summed E-state index contributed by atoms with van der Waals surface area (Å²) in [5.41, 5.74) is 5.02. The molecule has 1 saturated carbocycles. The van der Waals surface area contributed by atoms with Gasteiger partial charge in [0.25, 0.3) is 0 Å². The maximum atomic E-state index is 13.6. The first-order valence-electron chi connectivity index (χ1n) is 13.3. The molecule has 39 heavy (non-hydrogen) atoms. The zero-order valence-corrected chi connectivity index (χ0v) is 22.2. The van der Waals surface area contributed by atoms with E-state index in [4.69, 9.17) is 18.9 Å². The Morgan fingerprint density at radius 1 is 0.974 bits per heavy atom. The normalized spacial score (nSPS) is 20.6. The lowest BCUT2D eigenvalue weighted by atomic mass is 9.78. The van der Waals surface area contributed by atoms with Gasteiger partial charge in [0.05, 0.1) is 17.3 Å². The largest absolute Gasteiger partial charge is 0.489 e. The van der Waals surface area contributed by atoms with Crippen LogP contribution in [0, 0.1) is 5.82 Å². The molecule has 0 atom stereocenters. The standard InChI is InChI=1S/C33H31FO5/c1-36-26-12-14-33(37-2,15-13-26)24-5-3-4-21(16-24)19-38-27-10-11-28-23(17-27)18-29-30(20-39-32(29)35)31(28)22-6-8-25(34)9-7-22/h3-11,16-18,26H,12-15,19-20H2,1-2H3. The monoisotopic (exact) mass is 526 g/mol. The molecule has 0 spiro atoms. The highest BCUT2D eigenvalue weighted by molar-refractivity contribution is 6.07. The first kappa shape index (κ1) is 25.5. The number of rotatable bonds is 7. The highest BCUT2D eigenvalue weighted by Crippen LogP contribution is 2.42. The average molecular weight is 527 g/mol. The number of hydrogen-bond acceptors (Lipinski definition) is 5. The molecule has 6 heteroatoms. The summed E-state index contributed by atoms with van der Waals surface area (Å²) in [5.74, 6) is 0.0538. The number of carbonyl (C=O) groups excluding carboxylic acids is 1. The van der Waals surface area contributed by atoms with Crippen LogP contribution in [0.1, 0.15) is 52.7 Å². The number of carbonyl (C=O) groups is 1. The molecule has 1 heterocycles. The van der Waals surface area contributed by atoms with Gasteiger partial charge in [-0.1, -0.05) is 36.4 Å². The molecule has 1 aliphatic heterocycles. The van der Waals surface area contributed by atoms with Gasteiger partial charge in [-0.3, -0.25) is 0 Å². The van der Waals surface area contributed by atoms with Crippen LogP contribution in [0.15, 0.2) is 72.8 Å². The van der Waals surface area contributed by atoms with Gasteiger partial charge in [0.2, 0.25) is 0 Å². The van der Waals surface area contributed by atoms with E-state index in [1.807, 2.05) is 24.3 Å². The molecule has 5 nitrogen and oxygen atoms in total. The van der Waals surface area contributed by atoms with Crippen molar-refractivity contribution in [2.24, 2.45) is 0 Å². The minimum absolute atomic E-state index is 0.209. The highest BCUT2D eigenvalue weighted by Gasteiger charge is 2.37. The molecular weight excluding hydrogens is 495 g/mol. The summed E-state index contributed by atoms with van der Waals surface area (Å²) in [6.45, 7) is 0.609. The molecule has 0 amide bonds. The van der Waals surface area contributed by atoms with Crippen LogP contribution >= 0.6 is 0 Å². The Morgan fingerprint density at radius 3 is 2.51 bits per heavy atom. The Balaban J connectivity index is 1.27. The van der Waals surface area contributed by atoms with E-state index >= 15 is 0 Å². The summed E-state index contributed by atoms with van der Waals surface area (Å²) in [7, 11) is 3.57. The van der Waals surface area contributed by atoms with Crippen molar-refractivity contribution in [3.8, 4) is 16.9 Å². The van der Waals surface area contributed by atoms with E-state index in [2.05, 4.69) is 24.3 Å². The van der Waals surface area contributed by atoms with Gasteiger partial charge in [-0.25, -0.2) is 9.18 Å². The molecule has 2 aliphatic rings. The molecule has 0 radical (unpaired) electrons. The van der Waals surface area contributed by atoms with Crippen molar-refractivity contribution >= 4 is 16.7 Å². The Labute approximate surface area is 227 Å². The summed E-state index contributed by atoms with van der Waals surface area (Å²) in [4.78, 5) is 12.5. The summed E-state index contributed by atoms with van der Waals surface area (Å²) in [6, 6.07) is 22.5. The molecule has 4 aromatic carbocycles. The third-order valence-corrected chi connectivity index (χ3v) is 8.24. The van der Waals surface area contributed by atoms with Crippen molar-refractivity contribution in [1.82, 2.24) is 0 Å². The maximum Gasteiger partial charge on any atom is 0.338 e. The van der Waals surface area contributed by atoms with Crippen LogP contribution in [0.2, 0.25) is 0 Å². The van der Waals surface area contributed by atoms with Gasteiger partial charge < -0.3 is 18.9 Å². The van der Waals surface area contributed by atoms with Gasteiger partial charge in [-0.05, 0) is 95.1 Å². The summed E-state index contributed by atoms with van der Waals surface area (Å²) < 4.78 is 36.8. The van der Waals surface area contributed by atoms with Gasteiger partial charge in [-0.15, -0.1) is 0 Å². The molecule has 1 aliphatic carbocycles. The molecule has 6 rings (SSSR count). The Hall–Kier alpha value is -3.74. The molecule has 1 fully saturated rings. The maximum absolute atomic E-state index is 13.6. The van der Waals surface area contributed by atoms with Gasteiger partial charge in [0.15, 0.2) is 0 Å². The lowest BCUT2D eigenvalue weighted by Gasteiger charge is -2.39. The van der Waals surface area contributed by atoms with Gasteiger partial charge >= 0.3 is 5.97 Å². The van der Waals surface area contributed by atoms with Crippen molar-refractivity contribution in [3.63, 3.8) is 0 Å². The predicted molar refractivity (Wildman–Crippen MR) is 147 cm³/mol. The van der Waals surface area contributed by atoms with E-state index in [1.54, 1.807) is 26.4 Å². The zero-order valence-electron chi connectivity index (χ0n) is 22.2. The predicted octanol–water partition coefficient (Wildman–Crippen LogP) is 7.33.